The van der Waals surface area contributed by atoms with Crippen LogP contribution in [0.1, 0.15) is 22.6 Å². The average Bonchev–Trinajstić information content (AvgIpc) is 2.25. The molecule has 3 heteroatoms. The summed E-state index contributed by atoms with van der Waals surface area (Å²) in [5, 5.41) is 3.23. The van der Waals surface area contributed by atoms with E-state index >= 15 is 0 Å². The highest BCUT2D eigenvalue weighted by atomic mass is 15.2. The van der Waals surface area contributed by atoms with Crippen LogP contribution in [0.15, 0.2) is 18.7 Å². The predicted molar refractivity (Wildman–Crippen MR) is 74.2 cm³/mol. The third-order valence-electron chi connectivity index (χ3n) is 3.58. The quantitative estimate of drug-likeness (QED) is 0.836. The lowest BCUT2D eigenvalue weighted by Gasteiger charge is -2.37. The van der Waals surface area contributed by atoms with Crippen LogP contribution in [0, 0.1) is 6.92 Å². The highest BCUT2D eigenvalue weighted by Gasteiger charge is 2.25. The van der Waals surface area contributed by atoms with Gasteiger partial charge < -0.3 is 16.0 Å². The average molecular weight is 231 g/mol. The van der Waals surface area contributed by atoms with Gasteiger partial charge in [-0.2, -0.15) is 0 Å². The van der Waals surface area contributed by atoms with E-state index < -0.39 is 0 Å². The molecule has 0 radical (unpaired) electrons. The number of nitrogens with one attached hydrogen (secondary N) is 1. The molecular weight excluding hydrogens is 210 g/mol. The summed E-state index contributed by atoms with van der Waals surface area (Å²) in [5.74, 6) is 0.630. The molecule has 92 valence electrons. The van der Waals surface area contributed by atoms with Crippen LogP contribution in [0.25, 0.3) is 5.70 Å². The van der Waals surface area contributed by atoms with E-state index in [2.05, 4.69) is 42.9 Å². The molecule has 1 fully saturated rings. The molecule has 1 aliphatic heterocycles. The van der Waals surface area contributed by atoms with Crippen molar-refractivity contribution in [3.8, 4) is 0 Å². The summed E-state index contributed by atoms with van der Waals surface area (Å²) in [6, 6.07) is 4.43. The van der Waals surface area contributed by atoms with Crippen molar-refractivity contribution in [3.63, 3.8) is 0 Å². The number of hydrogen-bond donors (Lipinski definition) is 2. The lowest BCUT2D eigenvalue weighted by atomic mass is 9.88. The zero-order valence-electron chi connectivity index (χ0n) is 10.9. The first-order valence-corrected chi connectivity index (χ1v) is 5.98. The lowest BCUT2D eigenvalue weighted by Crippen LogP contribution is -2.41. The Labute approximate surface area is 103 Å². The Morgan fingerprint density at radius 3 is 2.59 bits per heavy atom. The molecule has 1 aliphatic rings. The van der Waals surface area contributed by atoms with Crippen molar-refractivity contribution in [3.05, 3.63) is 35.4 Å². The topological polar surface area (TPSA) is 41.3 Å². The number of anilines is 1. The number of hydrogen-bond acceptors (Lipinski definition) is 3. The van der Waals surface area contributed by atoms with Gasteiger partial charge in [0.15, 0.2) is 0 Å². The predicted octanol–water partition coefficient (Wildman–Crippen LogP) is 2.00. The second-order valence-corrected chi connectivity index (χ2v) is 4.93. The molecule has 2 rings (SSSR count). The molecule has 0 spiro atoms. The molecule has 0 aliphatic carbocycles. The van der Waals surface area contributed by atoms with Crippen molar-refractivity contribution in [2.24, 2.45) is 5.73 Å². The Morgan fingerprint density at radius 1 is 1.47 bits per heavy atom. The Balaban J connectivity index is 2.40. The molecule has 0 amide bonds. The molecule has 0 bridgehead atoms. The van der Waals surface area contributed by atoms with Gasteiger partial charge in [0.1, 0.15) is 0 Å². The zero-order chi connectivity index (χ0) is 12.6. The molecule has 0 unspecified atom stereocenters. The second kappa shape index (κ2) is 4.41. The van der Waals surface area contributed by atoms with Gasteiger partial charge >= 0.3 is 0 Å². The fourth-order valence-electron chi connectivity index (χ4n) is 2.48. The van der Waals surface area contributed by atoms with E-state index in [-0.39, 0.29) is 0 Å². The van der Waals surface area contributed by atoms with Gasteiger partial charge in [0.05, 0.1) is 0 Å². The zero-order valence-corrected chi connectivity index (χ0v) is 10.9. The van der Waals surface area contributed by atoms with Gasteiger partial charge in [0.2, 0.25) is 0 Å². The summed E-state index contributed by atoms with van der Waals surface area (Å²) in [6.45, 7) is 8.20. The summed E-state index contributed by atoms with van der Waals surface area (Å²) in [6.07, 6.45) is 0. The Morgan fingerprint density at radius 2 is 2.12 bits per heavy atom. The minimum Gasteiger partial charge on any atom is -0.399 e. The van der Waals surface area contributed by atoms with E-state index in [1.807, 2.05) is 7.05 Å². The molecule has 3 N–H and O–H groups in total. The van der Waals surface area contributed by atoms with Gasteiger partial charge in [-0.05, 0) is 37.2 Å². The highest BCUT2D eigenvalue weighted by molar-refractivity contribution is 5.71. The van der Waals surface area contributed by atoms with Gasteiger partial charge in [-0.1, -0.05) is 6.58 Å². The third kappa shape index (κ3) is 2.15. The van der Waals surface area contributed by atoms with Crippen LogP contribution >= 0.6 is 0 Å². The van der Waals surface area contributed by atoms with E-state index in [1.54, 1.807) is 0 Å². The Kier molecular flexibility index (Phi) is 3.11. The molecule has 0 atom stereocenters. The van der Waals surface area contributed by atoms with Gasteiger partial charge in [0, 0.05) is 43.0 Å². The van der Waals surface area contributed by atoms with Crippen LogP contribution in [0.2, 0.25) is 0 Å². The number of nitrogens with two attached hydrogens (primary N) is 1. The molecule has 17 heavy (non-hydrogen) atoms. The number of likely N-dealkylation sites (tertiary alicyclic amines) is 1. The summed E-state index contributed by atoms with van der Waals surface area (Å²) in [7, 11) is 4.09. The molecule has 1 saturated heterocycles. The number of likely N-dealkylation sites (N-methyl/N-ethyl adjacent to an activating group) is 1. The van der Waals surface area contributed by atoms with Crippen molar-refractivity contribution < 1.29 is 0 Å². The maximum atomic E-state index is 5.86. The Bertz CT molecular complexity index is 445. The minimum atomic E-state index is 0.630. The first-order valence-electron chi connectivity index (χ1n) is 5.98. The van der Waals surface area contributed by atoms with Crippen LogP contribution in [0.3, 0.4) is 0 Å². The van der Waals surface area contributed by atoms with Crippen molar-refractivity contribution in [1.29, 1.82) is 0 Å². The third-order valence-corrected chi connectivity index (χ3v) is 3.58. The van der Waals surface area contributed by atoms with Crippen LogP contribution < -0.4 is 11.1 Å². The smallest absolute Gasteiger partial charge is 0.0376 e. The van der Waals surface area contributed by atoms with Crippen LogP contribution in [-0.4, -0.2) is 32.1 Å². The van der Waals surface area contributed by atoms with Crippen molar-refractivity contribution in [1.82, 2.24) is 4.90 Å². The van der Waals surface area contributed by atoms with E-state index in [4.69, 9.17) is 5.73 Å². The molecule has 3 nitrogen and oxygen atoms in total. The Hall–Kier alpha value is -1.48. The minimum absolute atomic E-state index is 0.630. The first-order chi connectivity index (χ1) is 8.02. The molecule has 1 heterocycles. The normalized spacial score (nSPS) is 16.6. The van der Waals surface area contributed by atoms with Crippen LogP contribution in [0.5, 0.6) is 0 Å². The molecular formula is C14H21N3. The molecule has 1 aromatic carbocycles. The number of nitrogens with zero attached hydrogens (tertiary/aromatic N) is 1. The lowest BCUT2D eigenvalue weighted by molar-refractivity contribution is 0.190. The SMILES string of the molecule is C=C(N)c1cc(C2CN(C)C2)cc(NC)c1C. The fraction of sp³-hybridized carbons (Fsp3) is 0.429. The summed E-state index contributed by atoms with van der Waals surface area (Å²) in [5.41, 5.74) is 11.3. The van der Waals surface area contributed by atoms with E-state index in [1.165, 1.54) is 11.1 Å². The maximum absolute atomic E-state index is 5.86. The largest absolute Gasteiger partial charge is 0.399 e. The molecule has 0 aromatic heterocycles. The summed E-state index contributed by atoms with van der Waals surface area (Å²) in [4.78, 5) is 2.32. The van der Waals surface area contributed by atoms with E-state index in [9.17, 15) is 0 Å². The molecule has 0 saturated carbocycles. The van der Waals surface area contributed by atoms with E-state index in [0.717, 1.165) is 24.3 Å². The van der Waals surface area contributed by atoms with Gasteiger partial charge in [-0.3, -0.25) is 0 Å². The second-order valence-electron chi connectivity index (χ2n) is 4.93. The fourth-order valence-corrected chi connectivity index (χ4v) is 2.48. The van der Waals surface area contributed by atoms with Crippen LogP contribution in [-0.2, 0) is 0 Å². The van der Waals surface area contributed by atoms with Crippen LogP contribution in [0.4, 0.5) is 5.69 Å². The maximum Gasteiger partial charge on any atom is 0.0376 e. The van der Waals surface area contributed by atoms with E-state index in [0.29, 0.717) is 11.6 Å². The summed E-state index contributed by atoms with van der Waals surface area (Å²) >= 11 is 0. The van der Waals surface area contributed by atoms with Crippen molar-refractivity contribution in [2.45, 2.75) is 12.8 Å². The first kappa shape index (κ1) is 12.0. The van der Waals surface area contributed by atoms with Gasteiger partial charge in [0.25, 0.3) is 0 Å². The van der Waals surface area contributed by atoms with Gasteiger partial charge in [-0.15, -0.1) is 0 Å². The van der Waals surface area contributed by atoms with Crippen molar-refractivity contribution in [2.75, 3.05) is 32.5 Å². The van der Waals surface area contributed by atoms with Crippen molar-refractivity contribution >= 4 is 11.4 Å². The van der Waals surface area contributed by atoms with Gasteiger partial charge in [-0.25, -0.2) is 0 Å². The number of benzene rings is 1. The highest BCUT2D eigenvalue weighted by Crippen LogP contribution is 2.32. The molecule has 1 aromatic rings. The number of rotatable bonds is 3. The monoisotopic (exact) mass is 231 g/mol. The standard InChI is InChI=1S/C14H21N3/c1-9-13(10(2)15)5-11(6-14(9)16-3)12-7-17(4)8-12/h5-6,12,16H,2,7-8,15H2,1,3-4H3. The summed E-state index contributed by atoms with van der Waals surface area (Å²) < 4.78 is 0.